The highest BCUT2D eigenvalue weighted by atomic mass is 35.5. The van der Waals surface area contributed by atoms with Crippen molar-refractivity contribution in [2.45, 2.75) is 32.8 Å². The van der Waals surface area contributed by atoms with Gasteiger partial charge in [0.25, 0.3) is 0 Å². The average molecular weight is 349 g/mol. The van der Waals surface area contributed by atoms with Crippen molar-refractivity contribution in [3.8, 4) is 5.75 Å². The van der Waals surface area contributed by atoms with Crippen LogP contribution in [0.3, 0.4) is 0 Å². The minimum atomic E-state index is -0.554. The number of halogens is 2. The second-order valence-electron chi connectivity index (χ2n) is 4.94. The number of methoxy groups -OCH3 is 2. The molecule has 1 N–H and O–H groups in total. The van der Waals surface area contributed by atoms with E-state index in [1.54, 1.807) is 14.0 Å². The number of aromatic hydroxyl groups is 1. The van der Waals surface area contributed by atoms with Crippen molar-refractivity contribution in [2.24, 2.45) is 0 Å². The summed E-state index contributed by atoms with van der Waals surface area (Å²) in [4.78, 5) is 12.0. The fraction of sp³-hybridized carbons (Fsp3) is 0.562. The quantitative estimate of drug-likeness (QED) is 0.576. The molecule has 0 fully saturated rings. The minimum Gasteiger partial charge on any atom is -0.507 e. The number of benzene rings is 1. The van der Waals surface area contributed by atoms with Crippen LogP contribution in [-0.4, -0.2) is 37.1 Å². The predicted molar refractivity (Wildman–Crippen MR) is 88.4 cm³/mol. The summed E-state index contributed by atoms with van der Waals surface area (Å²) in [5, 5.41) is 10.6. The number of phenols is 1. The Balaban J connectivity index is 3.61. The number of hydrogen-bond acceptors (Lipinski definition) is 4. The maximum Gasteiger partial charge on any atom is 0.341 e. The molecule has 124 valence electrons. The summed E-state index contributed by atoms with van der Waals surface area (Å²) in [7, 11) is 2.89. The van der Waals surface area contributed by atoms with Gasteiger partial charge in [0.05, 0.1) is 13.7 Å². The van der Waals surface area contributed by atoms with E-state index < -0.39 is 5.97 Å². The molecule has 0 amide bonds. The Morgan fingerprint density at radius 1 is 1.09 bits per heavy atom. The molecule has 0 radical (unpaired) electrons. The molecular weight excluding hydrogens is 327 g/mol. The standard InChI is InChI=1S/C16H22Cl2O4/c1-10-11(6-8-18)13(9-21-2)12(5-4-7-17)15(19)14(10)16(20)22-3/h19H,4-9H2,1-3H3. The Bertz CT molecular complexity index is 530. The van der Waals surface area contributed by atoms with Crippen LogP contribution in [0.5, 0.6) is 5.75 Å². The Hall–Kier alpha value is -0.970. The fourth-order valence-electron chi connectivity index (χ4n) is 2.65. The number of rotatable bonds is 8. The third-order valence-corrected chi connectivity index (χ3v) is 4.12. The first kappa shape index (κ1) is 19.1. The van der Waals surface area contributed by atoms with Gasteiger partial charge in [0, 0.05) is 24.4 Å². The summed E-state index contributed by atoms with van der Waals surface area (Å²) in [6.07, 6.45) is 1.84. The van der Waals surface area contributed by atoms with E-state index in [9.17, 15) is 9.90 Å². The van der Waals surface area contributed by atoms with Gasteiger partial charge in [-0.2, -0.15) is 0 Å². The van der Waals surface area contributed by atoms with Crippen LogP contribution in [0.25, 0.3) is 0 Å². The lowest BCUT2D eigenvalue weighted by molar-refractivity contribution is 0.0596. The minimum absolute atomic E-state index is 0.0418. The van der Waals surface area contributed by atoms with Gasteiger partial charge in [-0.25, -0.2) is 4.79 Å². The normalized spacial score (nSPS) is 10.8. The van der Waals surface area contributed by atoms with E-state index in [1.807, 2.05) is 0 Å². The van der Waals surface area contributed by atoms with Crippen molar-refractivity contribution in [1.29, 1.82) is 0 Å². The molecular formula is C16H22Cl2O4. The molecule has 4 nitrogen and oxygen atoms in total. The summed E-state index contributed by atoms with van der Waals surface area (Å²) in [6.45, 7) is 2.14. The molecule has 0 aliphatic carbocycles. The van der Waals surface area contributed by atoms with Crippen LogP contribution in [-0.2, 0) is 28.9 Å². The zero-order valence-corrected chi connectivity index (χ0v) is 14.7. The molecule has 0 bridgehead atoms. The molecule has 0 aliphatic heterocycles. The summed E-state index contributed by atoms with van der Waals surface area (Å²) in [5.74, 6) is 0.289. The molecule has 1 rings (SSSR count). The second kappa shape index (κ2) is 9.23. The van der Waals surface area contributed by atoms with E-state index in [1.165, 1.54) is 7.11 Å². The fourth-order valence-corrected chi connectivity index (χ4v) is 2.97. The maximum atomic E-state index is 12.0. The molecule has 0 aliphatic rings. The monoisotopic (exact) mass is 348 g/mol. The lowest BCUT2D eigenvalue weighted by atomic mass is 9.88. The number of hydrogen-bond donors (Lipinski definition) is 1. The zero-order valence-electron chi connectivity index (χ0n) is 13.2. The summed E-state index contributed by atoms with van der Waals surface area (Å²) >= 11 is 11.7. The van der Waals surface area contributed by atoms with Crippen molar-refractivity contribution >= 4 is 29.2 Å². The van der Waals surface area contributed by atoms with E-state index in [0.717, 1.165) is 11.1 Å². The van der Waals surface area contributed by atoms with Crippen LogP contribution in [0.1, 0.15) is 39.0 Å². The van der Waals surface area contributed by atoms with Crippen LogP contribution >= 0.6 is 23.2 Å². The van der Waals surface area contributed by atoms with Crippen molar-refractivity contribution in [3.05, 3.63) is 27.8 Å². The van der Waals surface area contributed by atoms with Gasteiger partial charge in [0.1, 0.15) is 11.3 Å². The number of ether oxygens (including phenoxy) is 2. The van der Waals surface area contributed by atoms with Gasteiger partial charge < -0.3 is 14.6 Å². The second-order valence-corrected chi connectivity index (χ2v) is 5.70. The van der Waals surface area contributed by atoms with Crippen LogP contribution < -0.4 is 0 Å². The molecule has 6 heteroatoms. The molecule has 0 aromatic heterocycles. The molecule has 1 aromatic carbocycles. The van der Waals surface area contributed by atoms with Crippen molar-refractivity contribution in [1.82, 2.24) is 0 Å². The Morgan fingerprint density at radius 2 is 1.77 bits per heavy atom. The van der Waals surface area contributed by atoms with Crippen LogP contribution in [0.15, 0.2) is 0 Å². The van der Waals surface area contributed by atoms with Gasteiger partial charge in [-0.3, -0.25) is 0 Å². The summed E-state index contributed by atoms with van der Waals surface area (Å²) in [5.41, 5.74) is 3.39. The molecule has 0 spiro atoms. The molecule has 0 unspecified atom stereocenters. The summed E-state index contributed by atoms with van der Waals surface area (Å²) < 4.78 is 10.1. The van der Waals surface area contributed by atoms with Gasteiger partial charge in [-0.1, -0.05) is 0 Å². The van der Waals surface area contributed by atoms with E-state index in [-0.39, 0.29) is 11.3 Å². The van der Waals surface area contributed by atoms with E-state index in [0.29, 0.717) is 48.8 Å². The molecule has 0 atom stereocenters. The lowest BCUT2D eigenvalue weighted by Crippen LogP contribution is -2.13. The van der Waals surface area contributed by atoms with Crippen molar-refractivity contribution in [2.75, 3.05) is 26.0 Å². The maximum absolute atomic E-state index is 12.0. The number of esters is 1. The Kier molecular flexibility index (Phi) is 8.01. The molecule has 0 heterocycles. The van der Waals surface area contributed by atoms with Crippen LogP contribution in [0.4, 0.5) is 0 Å². The molecule has 0 saturated heterocycles. The first-order chi connectivity index (χ1) is 10.5. The van der Waals surface area contributed by atoms with Gasteiger partial charge in [-0.05, 0) is 42.9 Å². The highest BCUT2D eigenvalue weighted by Gasteiger charge is 2.25. The van der Waals surface area contributed by atoms with Crippen molar-refractivity contribution in [3.63, 3.8) is 0 Å². The first-order valence-electron chi connectivity index (χ1n) is 7.08. The van der Waals surface area contributed by atoms with Crippen molar-refractivity contribution < 1.29 is 19.4 Å². The Labute approximate surface area is 141 Å². The average Bonchev–Trinajstić information content (AvgIpc) is 2.50. The zero-order chi connectivity index (χ0) is 16.7. The number of alkyl halides is 2. The predicted octanol–water partition coefficient (Wildman–Crippen LogP) is 3.59. The molecule has 22 heavy (non-hydrogen) atoms. The van der Waals surface area contributed by atoms with Gasteiger partial charge in [-0.15, -0.1) is 23.2 Å². The van der Waals surface area contributed by atoms with Gasteiger partial charge in [0.2, 0.25) is 0 Å². The largest absolute Gasteiger partial charge is 0.507 e. The number of carbonyl (C=O) groups excluding carboxylic acids is 1. The SMILES string of the molecule is COCc1c(CCCl)c(C)c(C(=O)OC)c(O)c1CCCCl. The van der Waals surface area contributed by atoms with Crippen LogP contribution in [0.2, 0.25) is 0 Å². The molecule has 0 saturated carbocycles. The van der Waals surface area contributed by atoms with E-state index in [4.69, 9.17) is 32.7 Å². The molecule has 1 aromatic rings. The van der Waals surface area contributed by atoms with Crippen LogP contribution in [0, 0.1) is 6.92 Å². The number of phenolic OH excluding ortho intramolecular Hbond substituents is 1. The first-order valence-corrected chi connectivity index (χ1v) is 8.15. The third kappa shape index (κ3) is 4.06. The smallest absolute Gasteiger partial charge is 0.341 e. The topological polar surface area (TPSA) is 55.8 Å². The highest BCUT2D eigenvalue weighted by Crippen LogP contribution is 2.35. The third-order valence-electron chi connectivity index (χ3n) is 3.66. The van der Waals surface area contributed by atoms with E-state index >= 15 is 0 Å². The number of carbonyl (C=O) groups is 1. The van der Waals surface area contributed by atoms with E-state index in [2.05, 4.69) is 0 Å². The lowest BCUT2D eigenvalue weighted by Gasteiger charge is -2.21. The van der Waals surface area contributed by atoms with Gasteiger partial charge in [0.15, 0.2) is 0 Å². The summed E-state index contributed by atoms with van der Waals surface area (Å²) in [6, 6.07) is 0. The highest BCUT2D eigenvalue weighted by molar-refractivity contribution is 6.18. The Morgan fingerprint density at radius 3 is 2.27 bits per heavy atom. The van der Waals surface area contributed by atoms with Gasteiger partial charge >= 0.3 is 5.97 Å².